The zero-order chi connectivity index (χ0) is 25.4. The highest BCUT2D eigenvalue weighted by Gasteiger charge is 2.26. The van der Waals surface area contributed by atoms with Gasteiger partial charge in [0.2, 0.25) is 0 Å². The maximum atomic E-state index is 11.8. The number of halogens is 1. The van der Waals surface area contributed by atoms with E-state index in [2.05, 4.69) is 46.2 Å². The first kappa shape index (κ1) is 28.5. The number of nitrogens with zero attached hydrogens (tertiary/aromatic N) is 2. The Morgan fingerprint density at radius 1 is 0.806 bits per heavy atom. The summed E-state index contributed by atoms with van der Waals surface area (Å²) in [5.41, 5.74) is 2.51. The standard InChI is InChI=1S/C27H37ClN2O6/c28-25-8-6-24(7-9-25)27(23-4-2-1-3-5-23)30-12-10-29(11-13-30)14-16-35-22-26(32)36-21-20-34-19-18-33-17-15-31/h1-9,27,31H,10-22H2/t27-/m1/s1. The molecule has 0 saturated carbocycles. The van der Waals surface area contributed by atoms with Crippen LogP contribution in [0.25, 0.3) is 0 Å². The monoisotopic (exact) mass is 520 g/mol. The highest BCUT2D eigenvalue weighted by molar-refractivity contribution is 6.30. The first-order valence-electron chi connectivity index (χ1n) is 12.4. The number of aliphatic hydroxyl groups excluding tert-OH is 1. The number of aliphatic hydroxyl groups is 1. The van der Waals surface area contributed by atoms with E-state index in [0.29, 0.717) is 33.0 Å². The third-order valence-electron chi connectivity index (χ3n) is 5.94. The molecule has 9 heteroatoms. The van der Waals surface area contributed by atoms with Gasteiger partial charge in [-0.25, -0.2) is 4.79 Å². The number of piperazine rings is 1. The molecule has 0 amide bonds. The molecule has 0 aliphatic carbocycles. The van der Waals surface area contributed by atoms with Gasteiger partial charge in [0.1, 0.15) is 13.2 Å². The average molecular weight is 521 g/mol. The summed E-state index contributed by atoms with van der Waals surface area (Å²) in [5, 5.41) is 9.35. The van der Waals surface area contributed by atoms with Crippen LogP contribution in [-0.4, -0.2) is 106 Å². The van der Waals surface area contributed by atoms with Gasteiger partial charge < -0.3 is 24.1 Å². The molecule has 8 nitrogen and oxygen atoms in total. The molecule has 1 atom stereocenters. The van der Waals surface area contributed by atoms with Crippen LogP contribution in [0, 0.1) is 0 Å². The van der Waals surface area contributed by atoms with Crippen molar-refractivity contribution in [2.24, 2.45) is 0 Å². The SMILES string of the molecule is O=C(COCCN1CCN([C@H](c2ccccc2)c2ccc(Cl)cc2)CC1)OCCOCCOCCO. The van der Waals surface area contributed by atoms with E-state index in [0.717, 1.165) is 37.7 Å². The van der Waals surface area contributed by atoms with Crippen LogP contribution >= 0.6 is 11.6 Å². The van der Waals surface area contributed by atoms with Crippen LogP contribution in [0.1, 0.15) is 17.2 Å². The van der Waals surface area contributed by atoms with Crippen LogP contribution < -0.4 is 0 Å². The summed E-state index contributed by atoms with van der Waals surface area (Å²) in [5.74, 6) is -0.395. The Kier molecular flexibility index (Phi) is 13.2. The number of esters is 1. The Balaban J connectivity index is 1.32. The molecule has 0 aromatic heterocycles. The predicted molar refractivity (Wildman–Crippen MR) is 138 cm³/mol. The van der Waals surface area contributed by atoms with E-state index in [-0.39, 0.29) is 25.9 Å². The van der Waals surface area contributed by atoms with Gasteiger partial charge in [-0.3, -0.25) is 9.80 Å². The van der Waals surface area contributed by atoms with Crippen molar-refractivity contribution in [3.63, 3.8) is 0 Å². The lowest BCUT2D eigenvalue weighted by Gasteiger charge is -2.39. The first-order chi connectivity index (χ1) is 17.7. The van der Waals surface area contributed by atoms with Gasteiger partial charge >= 0.3 is 5.97 Å². The van der Waals surface area contributed by atoms with Crippen LogP contribution in [0.5, 0.6) is 0 Å². The molecule has 2 aromatic carbocycles. The lowest BCUT2D eigenvalue weighted by molar-refractivity contribution is -0.150. The van der Waals surface area contributed by atoms with Gasteiger partial charge in [-0.1, -0.05) is 54.1 Å². The van der Waals surface area contributed by atoms with Gasteiger partial charge in [0.25, 0.3) is 0 Å². The molecule has 3 rings (SSSR count). The Morgan fingerprint density at radius 3 is 2.14 bits per heavy atom. The number of hydrogen-bond acceptors (Lipinski definition) is 8. The molecule has 0 unspecified atom stereocenters. The molecule has 1 fully saturated rings. The highest BCUT2D eigenvalue weighted by atomic mass is 35.5. The summed E-state index contributed by atoms with van der Waals surface area (Å²) >= 11 is 6.13. The normalized spacial score (nSPS) is 15.6. The molecule has 0 radical (unpaired) electrons. The molecular formula is C27H37ClN2O6. The Bertz CT molecular complexity index is 862. The smallest absolute Gasteiger partial charge is 0.332 e. The maximum Gasteiger partial charge on any atom is 0.332 e. The lowest BCUT2D eigenvalue weighted by Crippen LogP contribution is -2.48. The highest BCUT2D eigenvalue weighted by Crippen LogP contribution is 2.30. The molecule has 1 aliphatic rings. The largest absolute Gasteiger partial charge is 0.462 e. The molecule has 0 bridgehead atoms. The van der Waals surface area contributed by atoms with Crippen molar-refractivity contribution in [2.75, 3.05) is 85.6 Å². The summed E-state index contributed by atoms with van der Waals surface area (Å²) in [7, 11) is 0. The van der Waals surface area contributed by atoms with Crippen LogP contribution in [-0.2, 0) is 23.7 Å². The topological polar surface area (TPSA) is 80.7 Å². The van der Waals surface area contributed by atoms with Crippen LogP contribution in [0.15, 0.2) is 54.6 Å². The molecule has 0 spiro atoms. The fourth-order valence-corrected chi connectivity index (χ4v) is 4.26. The Labute approximate surface area is 218 Å². The van der Waals surface area contributed by atoms with Gasteiger partial charge in [0.05, 0.1) is 45.7 Å². The molecule has 198 valence electrons. The van der Waals surface area contributed by atoms with Gasteiger partial charge in [-0.05, 0) is 23.3 Å². The second-order valence-electron chi connectivity index (χ2n) is 8.46. The zero-order valence-electron chi connectivity index (χ0n) is 20.7. The molecule has 1 N–H and O–H groups in total. The van der Waals surface area contributed by atoms with E-state index in [1.54, 1.807) is 0 Å². The van der Waals surface area contributed by atoms with Crippen molar-refractivity contribution in [3.05, 3.63) is 70.7 Å². The van der Waals surface area contributed by atoms with Gasteiger partial charge in [0.15, 0.2) is 0 Å². The van der Waals surface area contributed by atoms with Crippen LogP contribution in [0.2, 0.25) is 5.02 Å². The van der Waals surface area contributed by atoms with Crippen molar-refractivity contribution in [3.8, 4) is 0 Å². The quantitative estimate of drug-likeness (QED) is 0.267. The third-order valence-corrected chi connectivity index (χ3v) is 6.20. The number of hydrogen-bond donors (Lipinski definition) is 1. The fraction of sp³-hybridized carbons (Fsp3) is 0.519. The van der Waals surface area contributed by atoms with Crippen molar-refractivity contribution in [1.29, 1.82) is 0 Å². The van der Waals surface area contributed by atoms with Crippen molar-refractivity contribution in [2.45, 2.75) is 6.04 Å². The van der Waals surface area contributed by atoms with E-state index >= 15 is 0 Å². The summed E-state index contributed by atoms with van der Waals surface area (Å²) in [6.07, 6.45) is 0. The van der Waals surface area contributed by atoms with E-state index in [1.165, 1.54) is 11.1 Å². The van der Waals surface area contributed by atoms with Crippen LogP contribution in [0.3, 0.4) is 0 Å². The minimum Gasteiger partial charge on any atom is -0.462 e. The second-order valence-corrected chi connectivity index (χ2v) is 8.90. The number of rotatable bonds is 16. The predicted octanol–water partition coefficient (Wildman–Crippen LogP) is 2.63. The Morgan fingerprint density at radius 2 is 1.44 bits per heavy atom. The van der Waals surface area contributed by atoms with E-state index in [1.807, 2.05) is 18.2 Å². The average Bonchev–Trinajstić information content (AvgIpc) is 2.91. The van der Waals surface area contributed by atoms with Crippen molar-refractivity contribution >= 4 is 17.6 Å². The third kappa shape index (κ3) is 10.1. The minimum atomic E-state index is -0.395. The maximum absolute atomic E-state index is 11.8. The zero-order valence-corrected chi connectivity index (χ0v) is 21.5. The number of benzene rings is 2. The fourth-order valence-electron chi connectivity index (χ4n) is 4.13. The van der Waals surface area contributed by atoms with E-state index in [9.17, 15) is 4.79 Å². The number of carbonyl (C=O) groups is 1. The van der Waals surface area contributed by atoms with Gasteiger partial charge in [0, 0.05) is 37.7 Å². The summed E-state index contributed by atoms with van der Waals surface area (Å²) in [6, 6.07) is 18.9. The Hall–Kier alpha value is -2.04. The van der Waals surface area contributed by atoms with Gasteiger partial charge in [-0.2, -0.15) is 0 Å². The summed E-state index contributed by atoms with van der Waals surface area (Å²) in [4.78, 5) is 16.7. The molecule has 36 heavy (non-hydrogen) atoms. The first-order valence-corrected chi connectivity index (χ1v) is 12.8. The van der Waals surface area contributed by atoms with E-state index in [4.69, 9.17) is 35.7 Å². The van der Waals surface area contributed by atoms with E-state index < -0.39 is 5.97 Å². The summed E-state index contributed by atoms with van der Waals surface area (Å²) in [6.45, 7) is 6.51. The van der Waals surface area contributed by atoms with Gasteiger partial charge in [-0.15, -0.1) is 0 Å². The number of carbonyl (C=O) groups excluding carboxylic acids is 1. The van der Waals surface area contributed by atoms with Crippen molar-refractivity contribution < 1.29 is 28.8 Å². The lowest BCUT2D eigenvalue weighted by atomic mass is 9.96. The minimum absolute atomic E-state index is 0.00708. The second kappa shape index (κ2) is 16.7. The van der Waals surface area contributed by atoms with Crippen LogP contribution in [0.4, 0.5) is 0 Å². The molecule has 1 aliphatic heterocycles. The molecule has 1 heterocycles. The molecular weight excluding hydrogens is 484 g/mol. The number of ether oxygens (including phenoxy) is 4. The van der Waals surface area contributed by atoms with Crippen molar-refractivity contribution in [1.82, 2.24) is 9.80 Å². The molecule has 1 saturated heterocycles. The molecule has 2 aromatic rings. The summed E-state index contributed by atoms with van der Waals surface area (Å²) < 4.78 is 21.0.